The first-order chi connectivity index (χ1) is 20.0. The van der Waals surface area contributed by atoms with Crippen molar-refractivity contribution in [3.63, 3.8) is 0 Å². The Bertz CT molecular complexity index is 1540. The first-order valence-corrected chi connectivity index (χ1v) is 13.2. The molecular formula is C26H28F8N8O. The number of alkyl halides is 6. The molecule has 4 N–H and O–H groups in total. The van der Waals surface area contributed by atoms with Crippen LogP contribution in [0.4, 0.5) is 52.6 Å². The summed E-state index contributed by atoms with van der Waals surface area (Å²) in [5.41, 5.74) is -0.000849. The Hall–Kier alpha value is -3.73. The highest BCUT2D eigenvalue weighted by Gasteiger charge is 2.45. The second-order valence-corrected chi connectivity index (χ2v) is 11.0. The van der Waals surface area contributed by atoms with Gasteiger partial charge in [0.15, 0.2) is 11.9 Å². The molecule has 1 saturated heterocycles. The van der Waals surface area contributed by atoms with E-state index in [1.54, 1.807) is 4.90 Å². The number of ether oxygens (including phenoxy) is 1. The average molecular weight is 621 g/mol. The predicted molar refractivity (Wildman–Crippen MR) is 143 cm³/mol. The molecule has 43 heavy (non-hydrogen) atoms. The second kappa shape index (κ2) is 10.8. The van der Waals surface area contributed by atoms with Crippen molar-refractivity contribution in [3.8, 4) is 17.1 Å². The van der Waals surface area contributed by atoms with Crippen molar-refractivity contribution in [1.82, 2.24) is 25.2 Å². The van der Waals surface area contributed by atoms with Gasteiger partial charge in [0, 0.05) is 43.9 Å². The summed E-state index contributed by atoms with van der Waals surface area (Å²) >= 11 is 0. The standard InChI is InChI=1S/C26H28F8N8O/c1-24(41(2)3)10-42(11-24)23-39-20-16-21(40-23)37-7-6-36-5-4-15(25(29,30)31)43-22(16)38-19(18(20)28)13-8-12(35)9-14(27)17(13)26(32,33)34/h8-9,15,36H,4-7,10-11,35H2,1-3H3,(H,37,39,40)/t15-/m1/s1. The van der Waals surface area contributed by atoms with Crippen LogP contribution < -0.4 is 26.0 Å². The lowest BCUT2D eigenvalue weighted by atomic mass is 9.91. The first kappa shape index (κ1) is 30.7. The number of nitrogens with one attached hydrogen (secondary N) is 2. The number of nitrogens with zero attached hydrogens (tertiary/aromatic N) is 5. The van der Waals surface area contributed by atoms with Gasteiger partial charge in [0.2, 0.25) is 11.8 Å². The molecule has 2 aromatic heterocycles. The van der Waals surface area contributed by atoms with Gasteiger partial charge in [-0.3, -0.25) is 0 Å². The van der Waals surface area contributed by atoms with Gasteiger partial charge in [-0.05, 0) is 39.7 Å². The van der Waals surface area contributed by atoms with E-state index < -0.39 is 75.8 Å². The smallest absolute Gasteiger partial charge is 0.425 e. The van der Waals surface area contributed by atoms with E-state index in [2.05, 4.69) is 25.6 Å². The highest BCUT2D eigenvalue weighted by molar-refractivity contribution is 5.97. The van der Waals surface area contributed by atoms with Gasteiger partial charge in [-0.25, -0.2) is 18.7 Å². The van der Waals surface area contributed by atoms with Crippen LogP contribution in [0, 0.1) is 11.6 Å². The largest absolute Gasteiger partial charge is 0.464 e. The van der Waals surface area contributed by atoms with Crippen LogP contribution in [0.2, 0.25) is 0 Å². The number of nitrogen functional groups attached to an aromatic ring is 1. The summed E-state index contributed by atoms with van der Waals surface area (Å²) < 4.78 is 120. The fourth-order valence-electron chi connectivity index (χ4n) is 5.02. The third kappa shape index (κ3) is 5.79. The van der Waals surface area contributed by atoms with Gasteiger partial charge in [-0.2, -0.15) is 31.3 Å². The molecule has 0 amide bonds. The van der Waals surface area contributed by atoms with E-state index in [1.165, 1.54) is 0 Å². The van der Waals surface area contributed by atoms with E-state index in [-0.39, 0.29) is 36.9 Å². The third-order valence-corrected chi connectivity index (χ3v) is 7.61. The maximum Gasteiger partial charge on any atom is 0.425 e. The van der Waals surface area contributed by atoms with E-state index in [1.807, 2.05) is 25.9 Å². The predicted octanol–water partition coefficient (Wildman–Crippen LogP) is 4.43. The van der Waals surface area contributed by atoms with E-state index in [9.17, 15) is 30.7 Å². The molecule has 9 nitrogen and oxygen atoms in total. The summed E-state index contributed by atoms with van der Waals surface area (Å²) in [5, 5.41) is 5.35. The molecule has 0 radical (unpaired) electrons. The molecule has 2 aliphatic rings. The third-order valence-electron chi connectivity index (χ3n) is 7.61. The molecule has 1 aromatic carbocycles. The number of hydrogen-bond donors (Lipinski definition) is 3. The molecule has 0 aliphatic carbocycles. The molecule has 17 heteroatoms. The molecule has 0 unspecified atom stereocenters. The van der Waals surface area contributed by atoms with Gasteiger partial charge in [0.25, 0.3) is 0 Å². The normalized spacial score (nSPS) is 19.4. The van der Waals surface area contributed by atoms with Crippen LogP contribution in [0.5, 0.6) is 5.88 Å². The zero-order valence-electron chi connectivity index (χ0n) is 23.2. The highest BCUT2D eigenvalue weighted by Crippen LogP contribution is 2.44. The van der Waals surface area contributed by atoms with Gasteiger partial charge in [-0.15, -0.1) is 0 Å². The van der Waals surface area contributed by atoms with Crippen LogP contribution in [-0.4, -0.2) is 84.5 Å². The molecule has 4 heterocycles. The lowest BCUT2D eigenvalue weighted by molar-refractivity contribution is -0.196. The number of nitrogens with two attached hydrogens (primary N) is 1. The average Bonchev–Trinajstić information content (AvgIpc) is 2.90. The number of pyridine rings is 1. The maximum absolute atomic E-state index is 16.4. The molecule has 234 valence electrons. The Morgan fingerprint density at radius 1 is 1.02 bits per heavy atom. The Balaban J connectivity index is 1.81. The van der Waals surface area contributed by atoms with E-state index in [0.717, 1.165) is 0 Å². The van der Waals surface area contributed by atoms with Crippen molar-refractivity contribution in [2.24, 2.45) is 0 Å². The molecular weight excluding hydrogens is 592 g/mol. The molecule has 0 saturated carbocycles. The first-order valence-electron chi connectivity index (χ1n) is 13.2. The van der Waals surface area contributed by atoms with Gasteiger partial charge < -0.3 is 30.9 Å². The van der Waals surface area contributed by atoms with Crippen LogP contribution >= 0.6 is 0 Å². The highest BCUT2D eigenvalue weighted by atomic mass is 19.4. The fraction of sp³-hybridized carbons (Fsp3) is 0.500. The molecule has 0 bridgehead atoms. The lowest BCUT2D eigenvalue weighted by Crippen LogP contribution is -2.67. The zero-order chi connectivity index (χ0) is 31.5. The van der Waals surface area contributed by atoms with Crippen molar-refractivity contribution >= 4 is 28.4 Å². The minimum absolute atomic E-state index is 0.0265. The van der Waals surface area contributed by atoms with Crippen LogP contribution in [0.15, 0.2) is 12.1 Å². The monoisotopic (exact) mass is 620 g/mol. The molecule has 5 rings (SSSR count). The second-order valence-electron chi connectivity index (χ2n) is 11.0. The minimum Gasteiger partial charge on any atom is -0.464 e. The summed E-state index contributed by atoms with van der Waals surface area (Å²) in [4.78, 5) is 16.1. The number of rotatable bonds is 3. The van der Waals surface area contributed by atoms with Crippen molar-refractivity contribution in [2.45, 2.75) is 37.3 Å². The molecule has 0 spiro atoms. The SMILES string of the molecule is CN(C)C1(C)CN(c2nc3c4c(nc(-c5cc(N)cc(F)c5C(F)(F)F)c(F)c4n2)O[C@@H](C(F)(F)F)CCNCCN3)C1. The van der Waals surface area contributed by atoms with Gasteiger partial charge in [-0.1, -0.05) is 0 Å². The Morgan fingerprint density at radius 3 is 2.35 bits per heavy atom. The van der Waals surface area contributed by atoms with Crippen LogP contribution in [0.1, 0.15) is 18.9 Å². The number of aromatic nitrogens is 3. The summed E-state index contributed by atoms with van der Waals surface area (Å²) in [6.45, 7) is 2.96. The minimum atomic E-state index is -5.34. The zero-order valence-corrected chi connectivity index (χ0v) is 23.2. The number of benzene rings is 1. The van der Waals surface area contributed by atoms with E-state index in [0.29, 0.717) is 25.2 Å². The van der Waals surface area contributed by atoms with Crippen LogP contribution in [0.3, 0.4) is 0 Å². The molecule has 3 aromatic rings. The number of halogens is 8. The Morgan fingerprint density at radius 2 is 1.72 bits per heavy atom. The molecule has 2 aliphatic heterocycles. The van der Waals surface area contributed by atoms with Crippen molar-refractivity contribution < 1.29 is 39.9 Å². The number of anilines is 3. The van der Waals surface area contributed by atoms with Gasteiger partial charge in [0.05, 0.1) is 5.54 Å². The summed E-state index contributed by atoms with van der Waals surface area (Å²) in [6.07, 6.45) is -13.3. The summed E-state index contributed by atoms with van der Waals surface area (Å²) in [5.74, 6) is -4.29. The molecule has 1 fully saturated rings. The van der Waals surface area contributed by atoms with Crippen LogP contribution in [-0.2, 0) is 6.18 Å². The van der Waals surface area contributed by atoms with E-state index in [4.69, 9.17) is 10.5 Å². The van der Waals surface area contributed by atoms with Gasteiger partial charge >= 0.3 is 12.4 Å². The van der Waals surface area contributed by atoms with Crippen LogP contribution in [0.25, 0.3) is 22.2 Å². The van der Waals surface area contributed by atoms with Crippen molar-refractivity contribution in [2.75, 3.05) is 62.8 Å². The number of likely N-dealkylation sites (N-methyl/N-ethyl adjacent to an activating group) is 1. The topological polar surface area (TPSA) is 104 Å². The van der Waals surface area contributed by atoms with E-state index >= 15 is 4.39 Å². The van der Waals surface area contributed by atoms with Crippen molar-refractivity contribution in [3.05, 3.63) is 29.3 Å². The molecule has 1 atom stereocenters. The maximum atomic E-state index is 16.4. The number of hydrogen-bond acceptors (Lipinski definition) is 9. The summed E-state index contributed by atoms with van der Waals surface area (Å²) in [7, 11) is 3.72. The summed E-state index contributed by atoms with van der Waals surface area (Å²) in [6, 6.07) is 1.05. The Kier molecular flexibility index (Phi) is 7.69. The van der Waals surface area contributed by atoms with Gasteiger partial charge in [0.1, 0.15) is 33.8 Å². The lowest BCUT2D eigenvalue weighted by Gasteiger charge is -2.51. The Labute approximate surface area is 240 Å². The fourth-order valence-corrected chi connectivity index (χ4v) is 5.02. The quantitative estimate of drug-likeness (QED) is 0.290. The van der Waals surface area contributed by atoms with Crippen molar-refractivity contribution in [1.29, 1.82) is 0 Å².